The molecule has 1 aromatic heterocycles. The van der Waals surface area contributed by atoms with Crippen molar-refractivity contribution in [1.82, 2.24) is 4.57 Å². The maximum absolute atomic E-state index is 8.79. The lowest BCUT2D eigenvalue weighted by Gasteiger charge is -2.19. The predicted octanol–water partition coefficient (Wildman–Crippen LogP) is 10.6. The van der Waals surface area contributed by atoms with Gasteiger partial charge in [-0.1, -0.05) is 134 Å². The van der Waals surface area contributed by atoms with Gasteiger partial charge in [-0.05, 0) is 64.4 Å². The first kappa shape index (κ1) is 26.0. The zero-order chi connectivity index (χ0) is 28.6. The molecule has 2 atom stereocenters. The highest BCUT2D eigenvalue weighted by Crippen LogP contribution is 2.49. The molecule has 2 unspecified atom stereocenters. The highest BCUT2D eigenvalue weighted by molar-refractivity contribution is 6.12. The zero-order valence-corrected chi connectivity index (χ0v) is 24.1. The highest BCUT2D eigenvalue weighted by Gasteiger charge is 2.33. The van der Waals surface area contributed by atoms with Gasteiger partial charge in [0, 0.05) is 16.7 Å². The van der Waals surface area contributed by atoms with E-state index in [1.807, 2.05) is 42.5 Å². The molecule has 1 aliphatic rings. The van der Waals surface area contributed by atoms with Crippen LogP contribution in [0.15, 0.2) is 140 Å². The Morgan fingerprint density at radius 2 is 1.38 bits per heavy atom. The van der Waals surface area contributed by atoms with E-state index in [1.54, 1.807) is 0 Å². The highest BCUT2D eigenvalue weighted by atomic mass is 15.0. The minimum atomic E-state index is 0.341. The van der Waals surface area contributed by atoms with Crippen molar-refractivity contribution in [2.45, 2.75) is 32.2 Å². The molecule has 0 aliphatic carbocycles. The molecule has 42 heavy (non-hydrogen) atoms. The van der Waals surface area contributed by atoms with Crippen molar-refractivity contribution in [3.8, 4) is 11.1 Å². The second-order valence-electron chi connectivity index (χ2n) is 11.2. The van der Waals surface area contributed by atoms with Crippen LogP contribution in [-0.2, 0) is 0 Å². The maximum atomic E-state index is 8.79. The molecule has 2 nitrogen and oxygen atoms in total. The van der Waals surface area contributed by atoms with Crippen molar-refractivity contribution in [3.63, 3.8) is 0 Å². The van der Waals surface area contributed by atoms with Crippen LogP contribution in [0, 0.1) is 5.41 Å². The summed E-state index contributed by atoms with van der Waals surface area (Å²) in [6.07, 6.45) is 7.69. The van der Waals surface area contributed by atoms with Crippen LogP contribution < -0.4 is 0 Å². The molecular weight excluding hydrogens is 508 g/mol. The van der Waals surface area contributed by atoms with Crippen LogP contribution >= 0.6 is 0 Å². The molecule has 2 heterocycles. The quantitative estimate of drug-likeness (QED) is 0.154. The van der Waals surface area contributed by atoms with E-state index in [2.05, 4.69) is 115 Å². The van der Waals surface area contributed by atoms with Crippen LogP contribution in [0.5, 0.6) is 0 Å². The Labute approximate surface area is 247 Å². The molecule has 0 radical (unpaired) electrons. The normalized spacial score (nSPS) is 16.6. The lowest BCUT2D eigenvalue weighted by atomic mass is 9.90. The number of benzene rings is 5. The number of allylic oxidation sites excluding steroid dienone is 3. The summed E-state index contributed by atoms with van der Waals surface area (Å²) < 4.78 is 2.58. The van der Waals surface area contributed by atoms with Crippen molar-refractivity contribution in [1.29, 1.82) is 5.41 Å². The number of fused-ring (bicyclic) bond motifs is 3. The van der Waals surface area contributed by atoms with Crippen LogP contribution in [-0.4, -0.2) is 10.3 Å². The predicted molar refractivity (Wildman–Crippen MR) is 179 cm³/mol. The molecule has 0 saturated carbocycles. The summed E-state index contributed by atoms with van der Waals surface area (Å²) in [6, 6.07) is 43.2. The molecule has 0 fully saturated rings. The van der Waals surface area contributed by atoms with Crippen molar-refractivity contribution in [2.75, 3.05) is 0 Å². The molecule has 1 N–H and O–H groups in total. The van der Waals surface area contributed by atoms with E-state index < -0.39 is 0 Å². The Morgan fingerprint density at radius 3 is 2.07 bits per heavy atom. The number of hydrogen-bond donors (Lipinski definition) is 1. The van der Waals surface area contributed by atoms with E-state index in [-0.39, 0.29) is 0 Å². The van der Waals surface area contributed by atoms with E-state index in [9.17, 15) is 0 Å². The topological polar surface area (TPSA) is 28.8 Å². The summed E-state index contributed by atoms with van der Waals surface area (Å²) in [5, 5.41) is 11.5. The smallest absolute Gasteiger partial charge is 0.0618 e. The Kier molecular flexibility index (Phi) is 6.68. The third kappa shape index (κ3) is 4.31. The molecule has 6 aromatic rings. The van der Waals surface area contributed by atoms with Gasteiger partial charge >= 0.3 is 0 Å². The summed E-state index contributed by atoms with van der Waals surface area (Å²) in [5.41, 5.74) is 11.2. The summed E-state index contributed by atoms with van der Waals surface area (Å²) >= 11 is 0. The van der Waals surface area contributed by atoms with Crippen LogP contribution in [0.25, 0.3) is 38.5 Å². The van der Waals surface area contributed by atoms with Crippen molar-refractivity contribution < 1.29 is 0 Å². The van der Waals surface area contributed by atoms with E-state index in [0.717, 1.165) is 28.7 Å². The molecule has 7 rings (SSSR count). The van der Waals surface area contributed by atoms with Crippen LogP contribution in [0.1, 0.15) is 54.5 Å². The number of para-hydroxylation sites is 1. The van der Waals surface area contributed by atoms with E-state index >= 15 is 0 Å². The van der Waals surface area contributed by atoms with Gasteiger partial charge in [0.15, 0.2) is 0 Å². The SMILES string of the molecule is C/C=C\C1C(CC)c2cccc3c4ccc(-c5ccc(/C(=C/C(=N)c6ccccc6)c6ccccc6)cc5)cc4n1c23. The van der Waals surface area contributed by atoms with E-state index in [4.69, 9.17) is 5.41 Å². The lowest BCUT2D eigenvalue weighted by molar-refractivity contribution is 0.529. The molecule has 0 spiro atoms. The molecule has 2 heteroatoms. The number of hydrogen-bond acceptors (Lipinski definition) is 1. The Hall–Kier alpha value is -4.95. The van der Waals surface area contributed by atoms with Gasteiger partial charge in [-0.2, -0.15) is 0 Å². The largest absolute Gasteiger partial charge is 0.333 e. The first-order valence-corrected chi connectivity index (χ1v) is 14.9. The maximum Gasteiger partial charge on any atom is 0.0618 e. The minimum absolute atomic E-state index is 0.341. The first-order valence-electron chi connectivity index (χ1n) is 14.9. The average molecular weight is 543 g/mol. The number of nitrogens with zero attached hydrogens (tertiary/aromatic N) is 1. The molecule has 204 valence electrons. The average Bonchev–Trinajstić information content (AvgIpc) is 3.55. The summed E-state index contributed by atoms with van der Waals surface area (Å²) in [7, 11) is 0. The third-order valence-electron chi connectivity index (χ3n) is 8.78. The molecule has 1 aliphatic heterocycles. The second-order valence-corrected chi connectivity index (χ2v) is 11.2. The summed E-state index contributed by atoms with van der Waals surface area (Å²) in [4.78, 5) is 0. The summed E-state index contributed by atoms with van der Waals surface area (Å²) in [6.45, 7) is 4.44. The van der Waals surface area contributed by atoms with Crippen molar-refractivity contribution in [2.24, 2.45) is 0 Å². The Morgan fingerprint density at radius 1 is 0.714 bits per heavy atom. The lowest BCUT2D eigenvalue weighted by Crippen LogP contribution is -2.08. The van der Waals surface area contributed by atoms with E-state index in [1.165, 1.54) is 38.5 Å². The molecular formula is C40H34N2. The summed E-state index contributed by atoms with van der Waals surface area (Å²) in [5.74, 6) is 0.505. The molecule has 0 bridgehead atoms. The van der Waals surface area contributed by atoms with Gasteiger partial charge < -0.3 is 9.98 Å². The van der Waals surface area contributed by atoms with Crippen LogP contribution in [0.3, 0.4) is 0 Å². The van der Waals surface area contributed by atoms with Crippen molar-refractivity contribution >= 4 is 33.1 Å². The van der Waals surface area contributed by atoms with Gasteiger partial charge in [0.2, 0.25) is 0 Å². The molecule has 0 saturated heterocycles. The van der Waals surface area contributed by atoms with Gasteiger partial charge in [-0.3, -0.25) is 0 Å². The number of rotatable bonds is 7. The second kappa shape index (κ2) is 10.8. The number of nitrogens with one attached hydrogen (secondary N) is 1. The van der Waals surface area contributed by atoms with Gasteiger partial charge in [-0.25, -0.2) is 0 Å². The zero-order valence-electron chi connectivity index (χ0n) is 24.1. The minimum Gasteiger partial charge on any atom is -0.333 e. The van der Waals surface area contributed by atoms with Gasteiger partial charge in [-0.15, -0.1) is 0 Å². The molecule has 5 aromatic carbocycles. The third-order valence-corrected chi connectivity index (χ3v) is 8.78. The van der Waals surface area contributed by atoms with E-state index in [0.29, 0.717) is 17.7 Å². The Bertz CT molecular complexity index is 1970. The fourth-order valence-electron chi connectivity index (χ4n) is 6.80. The van der Waals surface area contributed by atoms with Gasteiger partial charge in [0.05, 0.1) is 22.8 Å². The van der Waals surface area contributed by atoms with Gasteiger partial charge in [0.1, 0.15) is 0 Å². The number of aromatic nitrogens is 1. The van der Waals surface area contributed by atoms with Crippen LogP contribution in [0.2, 0.25) is 0 Å². The van der Waals surface area contributed by atoms with Gasteiger partial charge in [0.25, 0.3) is 0 Å². The van der Waals surface area contributed by atoms with Crippen molar-refractivity contribution in [3.05, 3.63) is 162 Å². The monoisotopic (exact) mass is 542 g/mol. The Balaban J connectivity index is 1.31. The molecule has 0 amide bonds. The fraction of sp³-hybridized carbons (Fsp3) is 0.125. The van der Waals surface area contributed by atoms with Crippen LogP contribution in [0.4, 0.5) is 0 Å². The first-order chi connectivity index (χ1) is 20.7. The fourth-order valence-corrected chi connectivity index (χ4v) is 6.80. The standard InChI is InChI=1S/C40H34N2/c1-3-12-38-32(4-2)34-17-11-18-35-33-24-23-31(25-39(33)42(38)40(34)35)27-19-21-29(22-20-27)36(28-13-7-5-8-14-28)26-37(41)30-15-9-6-10-16-30/h3,5-26,32,38,41H,4H2,1-2H3/b12-3-,36-26+,41-37?.